The van der Waals surface area contributed by atoms with Gasteiger partial charge in [-0.15, -0.1) is 0 Å². The number of para-hydroxylation sites is 1. The first kappa shape index (κ1) is 12.2. The highest BCUT2D eigenvalue weighted by atomic mass is 16.5. The summed E-state index contributed by atoms with van der Waals surface area (Å²) in [6, 6.07) is 18.9. The smallest absolute Gasteiger partial charge is 0.127 e. The normalized spacial score (nSPS) is 22.4. The second-order valence-electron chi connectivity index (χ2n) is 5.13. The first-order chi connectivity index (χ1) is 9.33. The molecule has 1 N–H and O–H groups in total. The molecule has 19 heavy (non-hydrogen) atoms. The van der Waals surface area contributed by atoms with E-state index in [0.29, 0.717) is 12.0 Å². The molecular formula is C17H19NO. The molecule has 1 saturated heterocycles. The summed E-state index contributed by atoms with van der Waals surface area (Å²) < 4.78 is 5.89. The van der Waals surface area contributed by atoms with E-state index in [2.05, 4.69) is 30.4 Å². The molecule has 1 fully saturated rings. The lowest BCUT2D eigenvalue weighted by Crippen LogP contribution is -2.21. The van der Waals surface area contributed by atoms with Gasteiger partial charge in [-0.2, -0.15) is 0 Å². The molecule has 1 aliphatic rings. The largest absolute Gasteiger partial charge is 0.457 e. The molecule has 98 valence electrons. The first-order valence-corrected chi connectivity index (χ1v) is 6.89. The van der Waals surface area contributed by atoms with Gasteiger partial charge in [-0.1, -0.05) is 30.3 Å². The fourth-order valence-electron chi connectivity index (χ4n) is 2.75. The fraction of sp³-hybridized carbons (Fsp3) is 0.294. The van der Waals surface area contributed by atoms with E-state index in [1.807, 2.05) is 36.4 Å². The molecule has 2 heteroatoms. The van der Waals surface area contributed by atoms with Crippen LogP contribution in [0.1, 0.15) is 24.8 Å². The Labute approximate surface area is 114 Å². The highest BCUT2D eigenvalue weighted by Gasteiger charge is 2.24. The minimum Gasteiger partial charge on any atom is -0.457 e. The van der Waals surface area contributed by atoms with Crippen molar-refractivity contribution in [3.63, 3.8) is 0 Å². The highest BCUT2D eigenvalue weighted by molar-refractivity contribution is 5.36. The molecule has 2 atom stereocenters. The average Bonchev–Trinajstić information content (AvgIpc) is 2.86. The summed E-state index contributed by atoms with van der Waals surface area (Å²) in [5.74, 6) is 2.40. The second-order valence-corrected chi connectivity index (χ2v) is 5.13. The van der Waals surface area contributed by atoms with Crippen molar-refractivity contribution < 1.29 is 4.74 Å². The number of nitrogens with one attached hydrogen (secondary N) is 1. The molecule has 0 amide bonds. The Morgan fingerprint density at radius 3 is 2.53 bits per heavy atom. The Morgan fingerprint density at radius 1 is 1.00 bits per heavy atom. The number of rotatable bonds is 3. The highest BCUT2D eigenvalue weighted by Crippen LogP contribution is 2.31. The van der Waals surface area contributed by atoms with Crippen LogP contribution < -0.4 is 10.1 Å². The molecule has 0 bridgehead atoms. The predicted molar refractivity (Wildman–Crippen MR) is 77.8 cm³/mol. The SMILES string of the molecule is CC1NCCC1c1cccc(Oc2ccccc2)c1. The van der Waals surface area contributed by atoms with Gasteiger partial charge in [-0.3, -0.25) is 0 Å². The van der Waals surface area contributed by atoms with Gasteiger partial charge in [0.05, 0.1) is 0 Å². The molecule has 0 saturated carbocycles. The molecule has 2 aromatic rings. The molecule has 2 unspecified atom stereocenters. The predicted octanol–water partition coefficient (Wildman–Crippen LogP) is 3.94. The maximum Gasteiger partial charge on any atom is 0.127 e. The van der Waals surface area contributed by atoms with Crippen LogP contribution in [-0.2, 0) is 0 Å². The summed E-state index contributed by atoms with van der Waals surface area (Å²) in [6.07, 6.45) is 1.20. The number of hydrogen-bond donors (Lipinski definition) is 1. The van der Waals surface area contributed by atoms with Gasteiger partial charge in [-0.05, 0) is 49.7 Å². The lowest BCUT2D eigenvalue weighted by Gasteiger charge is -2.16. The lowest BCUT2D eigenvalue weighted by atomic mass is 9.93. The zero-order chi connectivity index (χ0) is 13.1. The average molecular weight is 253 g/mol. The van der Waals surface area contributed by atoms with Crippen LogP contribution in [0.15, 0.2) is 54.6 Å². The van der Waals surface area contributed by atoms with Crippen molar-refractivity contribution in [3.05, 3.63) is 60.2 Å². The summed E-state index contributed by atoms with van der Waals surface area (Å²) >= 11 is 0. The molecule has 0 radical (unpaired) electrons. The number of hydrogen-bond acceptors (Lipinski definition) is 2. The second kappa shape index (κ2) is 5.45. The van der Waals surface area contributed by atoms with E-state index < -0.39 is 0 Å². The quantitative estimate of drug-likeness (QED) is 0.894. The minimum atomic E-state index is 0.548. The van der Waals surface area contributed by atoms with E-state index in [1.54, 1.807) is 0 Å². The Kier molecular flexibility index (Phi) is 3.51. The Balaban J connectivity index is 1.80. The van der Waals surface area contributed by atoms with Crippen molar-refractivity contribution in [1.82, 2.24) is 5.32 Å². The molecule has 1 heterocycles. The molecular weight excluding hydrogens is 234 g/mol. The first-order valence-electron chi connectivity index (χ1n) is 6.89. The lowest BCUT2D eigenvalue weighted by molar-refractivity contribution is 0.480. The summed E-state index contributed by atoms with van der Waals surface area (Å²) in [5, 5.41) is 3.50. The summed E-state index contributed by atoms with van der Waals surface area (Å²) in [4.78, 5) is 0. The summed E-state index contributed by atoms with van der Waals surface area (Å²) in [7, 11) is 0. The molecule has 1 aliphatic heterocycles. The molecule has 0 aromatic heterocycles. The van der Waals surface area contributed by atoms with E-state index in [-0.39, 0.29) is 0 Å². The van der Waals surface area contributed by atoms with Crippen LogP contribution in [0.3, 0.4) is 0 Å². The van der Waals surface area contributed by atoms with Crippen molar-refractivity contribution in [2.45, 2.75) is 25.3 Å². The topological polar surface area (TPSA) is 21.3 Å². The van der Waals surface area contributed by atoms with Crippen molar-refractivity contribution in [1.29, 1.82) is 0 Å². The van der Waals surface area contributed by atoms with Crippen molar-refractivity contribution in [3.8, 4) is 11.5 Å². The Hall–Kier alpha value is -1.80. The van der Waals surface area contributed by atoms with Crippen molar-refractivity contribution in [2.75, 3.05) is 6.54 Å². The van der Waals surface area contributed by atoms with Crippen LogP contribution in [0.2, 0.25) is 0 Å². The Bertz CT molecular complexity index is 538. The van der Waals surface area contributed by atoms with Gasteiger partial charge in [0.25, 0.3) is 0 Å². The van der Waals surface area contributed by atoms with E-state index in [9.17, 15) is 0 Å². The van der Waals surface area contributed by atoms with Crippen molar-refractivity contribution in [2.24, 2.45) is 0 Å². The third-order valence-corrected chi connectivity index (χ3v) is 3.79. The van der Waals surface area contributed by atoms with E-state index >= 15 is 0 Å². The van der Waals surface area contributed by atoms with Crippen LogP contribution in [0.5, 0.6) is 11.5 Å². The van der Waals surface area contributed by atoms with Gasteiger partial charge in [0, 0.05) is 12.0 Å². The maximum atomic E-state index is 5.89. The fourth-order valence-corrected chi connectivity index (χ4v) is 2.75. The van der Waals surface area contributed by atoms with E-state index in [0.717, 1.165) is 18.0 Å². The van der Waals surface area contributed by atoms with Gasteiger partial charge < -0.3 is 10.1 Å². The van der Waals surface area contributed by atoms with Gasteiger partial charge in [0.2, 0.25) is 0 Å². The van der Waals surface area contributed by atoms with Gasteiger partial charge in [0.15, 0.2) is 0 Å². The summed E-state index contributed by atoms with van der Waals surface area (Å²) in [6.45, 7) is 3.36. The summed E-state index contributed by atoms with van der Waals surface area (Å²) in [5.41, 5.74) is 1.37. The zero-order valence-electron chi connectivity index (χ0n) is 11.2. The van der Waals surface area contributed by atoms with Crippen LogP contribution in [0, 0.1) is 0 Å². The monoisotopic (exact) mass is 253 g/mol. The molecule has 3 rings (SSSR count). The zero-order valence-corrected chi connectivity index (χ0v) is 11.2. The van der Waals surface area contributed by atoms with E-state index in [1.165, 1.54) is 12.0 Å². The molecule has 2 aromatic carbocycles. The van der Waals surface area contributed by atoms with Gasteiger partial charge in [0.1, 0.15) is 11.5 Å². The number of ether oxygens (including phenoxy) is 1. The van der Waals surface area contributed by atoms with E-state index in [4.69, 9.17) is 4.74 Å². The maximum absolute atomic E-state index is 5.89. The minimum absolute atomic E-state index is 0.548. The molecule has 0 aliphatic carbocycles. The van der Waals surface area contributed by atoms with Gasteiger partial charge in [-0.25, -0.2) is 0 Å². The third-order valence-electron chi connectivity index (χ3n) is 3.79. The van der Waals surface area contributed by atoms with Crippen LogP contribution in [0.4, 0.5) is 0 Å². The third kappa shape index (κ3) is 2.79. The van der Waals surface area contributed by atoms with Crippen LogP contribution >= 0.6 is 0 Å². The van der Waals surface area contributed by atoms with Gasteiger partial charge >= 0.3 is 0 Å². The molecule has 2 nitrogen and oxygen atoms in total. The number of benzene rings is 2. The molecule has 0 spiro atoms. The standard InChI is InChI=1S/C17H19NO/c1-13-17(10-11-18-13)14-6-5-9-16(12-14)19-15-7-3-2-4-8-15/h2-9,12-13,17-18H,10-11H2,1H3. The Morgan fingerprint density at radius 2 is 1.79 bits per heavy atom. The van der Waals surface area contributed by atoms with Crippen LogP contribution in [-0.4, -0.2) is 12.6 Å². The van der Waals surface area contributed by atoms with Crippen LogP contribution in [0.25, 0.3) is 0 Å². The van der Waals surface area contributed by atoms with Crippen molar-refractivity contribution >= 4 is 0 Å².